The largest absolute Gasteiger partial charge is 0.356 e. The number of carbonyl (C=O) groups is 6. The van der Waals surface area contributed by atoms with Crippen molar-refractivity contribution in [1.29, 1.82) is 0 Å². The van der Waals surface area contributed by atoms with Gasteiger partial charge in [-0.2, -0.15) is 0 Å². The first kappa shape index (κ1) is 64.0. The van der Waals surface area contributed by atoms with E-state index >= 15 is 0 Å². The first-order valence-electron chi connectivity index (χ1n) is 33.1. The molecule has 12 heteroatoms. The number of carbonyl (C=O) groups excluding carboxylic acids is 6. The molecule has 0 bridgehead atoms. The van der Waals surface area contributed by atoms with E-state index in [4.69, 9.17) is 0 Å². The van der Waals surface area contributed by atoms with Crippen LogP contribution in [0.25, 0.3) is 0 Å². The molecule has 0 spiro atoms. The molecule has 4 fully saturated rings. The highest BCUT2D eigenvalue weighted by Gasteiger charge is 2.49. The normalized spacial score (nSPS) is 21.7. The molecule has 0 radical (unpaired) electrons. The van der Waals surface area contributed by atoms with Gasteiger partial charge in [-0.05, 0) is 61.1 Å². The van der Waals surface area contributed by atoms with Gasteiger partial charge >= 0.3 is 0 Å². The molecule has 2 saturated heterocycles. The molecule has 2 aliphatic heterocycles. The Balaban J connectivity index is 0.892. The highest BCUT2D eigenvalue weighted by Crippen LogP contribution is 2.43. The average molecular weight is 1130 g/mol. The third kappa shape index (κ3) is 21.0. The number of likely N-dealkylation sites (tertiary alicyclic amines) is 2. The van der Waals surface area contributed by atoms with E-state index in [1.807, 2.05) is 36.4 Å². The van der Waals surface area contributed by atoms with Gasteiger partial charge in [0.05, 0.1) is 23.7 Å². The van der Waals surface area contributed by atoms with Crippen molar-refractivity contribution in [2.75, 3.05) is 39.3 Å². The number of hydrogen-bond acceptors (Lipinski definition) is 6. The molecule has 7 rings (SSSR count). The minimum absolute atomic E-state index is 0.0261. The Bertz CT molecular complexity index is 2250. The summed E-state index contributed by atoms with van der Waals surface area (Å²) in [5.74, 6) is -3.79. The van der Waals surface area contributed by atoms with E-state index in [9.17, 15) is 28.8 Å². The van der Waals surface area contributed by atoms with E-state index < -0.39 is 23.7 Å². The minimum Gasteiger partial charge on any atom is -0.356 e. The maximum atomic E-state index is 14.3. The summed E-state index contributed by atoms with van der Waals surface area (Å²) in [4.78, 5) is 87.7. The van der Waals surface area contributed by atoms with Crippen molar-refractivity contribution < 1.29 is 28.8 Å². The van der Waals surface area contributed by atoms with E-state index in [-0.39, 0.29) is 85.5 Å². The number of unbranched alkanes of at least 4 members (excludes halogenated alkanes) is 26. The predicted octanol–water partition coefficient (Wildman–Crippen LogP) is 13.6. The Labute approximate surface area is 493 Å². The fourth-order valence-corrected chi connectivity index (χ4v) is 12.9. The third-order valence-corrected chi connectivity index (χ3v) is 18.3. The molecule has 6 amide bonds. The number of nitrogens with one attached hydrogen (secondary N) is 4. The molecule has 2 aliphatic carbocycles. The van der Waals surface area contributed by atoms with E-state index in [0.29, 0.717) is 24.2 Å². The highest BCUT2D eigenvalue weighted by molar-refractivity contribution is 6.00. The zero-order valence-corrected chi connectivity index (χ0v) is 50.5. The molecular formula is C70H104N6O6. The quantitative estimate of drug-likeness (QED) is 0.0415. The van der Waals surface area contributed by atoms with Gasteiger partial charge in [-0.1, -0.05) is 241 Å². The van der Waals surface area contributed by atoms with Gasteiger partial charge in [-0.3, -0.25) is 28.8 Å². The fraction of sp³-hybridized carbons (Fsp3) is 0.657. The maximum Gasteiger partial charge on any atom is 0.253 e. The Hall–Kier alpha value is -5.52. The lowest BCUT2D eigenvalue weighted by Gasteiger charge is -2.18. The van der Waals surface area contributed by atoms with Crippen molar-refractivity contribution in [3.63, 3.8) is 0 Å². The second kappa shape index (κ2) is 35.6. The van der Waals surface area contributed by atoms with Crippen LogP contribution in [-0.2, 0) is 19.2 Å². The van der Waals surface area contributed by atoms with Crippen LogP contribution in [0.15, 0.2) is 84.9 Å². The molecule has 82 heavy (non-hydrogen) atoms. The number of amides is 6. The summed E-state index contributed by atoms with van der Waals surface area (Å²) in [6.45, 7) is 6.06. The van der Waals surface area contributed by atoms with Crippen LogP contribution >= 0.6 is 0 Å². The van der Waals surface area contributed by atoms with Crippen molar-refractivity contribution in [3.8, 4) is 0 Å². The summed E-state index contributed by atoms with van der Waals surface area (Å²) >= 11 is 0. The zero-order valence-electron chi connectivity index (χ0n) is 50.5. The van der Waals surface area contributed by atoms with E-state index in [0.717, 1.165) is 51.4 Å². The van der Waals surface area contributed by atoms with Crippen molar-refractivity contribution in [2.45, 2.75) is 230 Å². The minimum atomic E-state index is -0.723. The van der Waals surface area contributed by atoms with Crippen LogP contribution in [0.1, 0.15) is 250 Å². The fourth-order valence-electron chi connectivity index (χ4n) is 12.9. The molecule has 3 aromatic carbocycles. The topological polar surface area (TPSA) is 157 Å². The van der Waals surface area contributed by atoms with Gasteiger partial charge in [0.2, 0.25) is 23.6 Å². The molecular weight excluding hydrogens is 1020 g/mol. The molecule has 0 unspecified atom stereocenters. The summed E-state index contributed by atoms with van der Waals surface area (Å²) in [5, 5.41) is 12.7. The van der Waals surface area contributed by atoms with Crippen molar-refractivity contribution >= 4 is 35.4 Å². The predicted molar refractivity (Wildman–Crippen MR) is 330 cm³/mol. The summed E-state index contributed by atoms with van der Waals surface area (Å²) in [6, 6.07) is 26.7. The van der Waals surface area contributed by atoms with Crippen molar-refractivity contribution in [2.24, 2.45) is 23.7 Å². The summed E-state index contributed by atoms with van der Waals surface area (Å²) < 4.78 is 0. The molecule has 450 valence electrons. The molecule has 4 N–H and O–H groups in total. The van der Waals surface area contributed by atoms with Crippen molar-refractivity contribution in [1.82, 2.24) is 31.1 Å². The number of nitrogens with zero attached hydrogens (tertiary/aromatic N) is 2. The van der Waals surface area contributed by atoms with Gasteiger partial charge in [0, 0.05) is 74.3 Å². The number of benzene rings is 3. The first-order valence-corrected chi connectivity index (χ1v) is 33.1. The molecule has 2 heterocycles. The van der Waals surface area contributed by atoms with Crippen LogP contribution in [0, 0.1) is 23.7 Å². The number of rotatable bonds is 40. The standard InChI is InChI=1S/C70H104N6O6/c1-3-5-7-9-11-13-15-17-19-21-23-25-27-35-45-71-65(77)59-49-75(50-60(59)66(78)72-46-36-28-26-24-22-20-18-16-14-12-10-8-6-4-2)69(81)55-41-43-56(44-42-55)70(82)76-51-61(67(79)73-63-47-57(63)53-37-31-29-32-38-53)62(52-76)68(80)74-64-48-58(64)54-39-33-30-34-40-54/h29-34,37-44,57-64H,3-28,35-36,45-52H2,1-2H3,(H,71,77)(H,72,78)(H,73,79)(H,74,80)/t57-,58+,59-,60-,61-,62-,63+,64-/m1/s1. The van der Waals surface area contributed by atoms with Crippen LogP contribution in [0.5, 0.6) is 0 Å². The maximum absolute atomic E-state index is 14.3. The zero-order chi connectivity index (χ0) is 57.7. The van der Waals surface area contributed by atoms with Gasteiger partial charge in [0.25, 0.3) is 11.8 Å². The van der Waals surface area contributed by atoms with Crippen LogP contribution in [0.3, 0.4) is 0 Å². The SMILES string of the molecule is CCCCCCCCCCCCCCCCNC(=O)[C@@H]1CN(C(=O)c2ccc(C(=O)N3C[C@@H](C(=O)N[C@H]4C[C@@H]4c4ccccc4)[C@H](C(=O)N[C@@H]4C[C@H]4c4ccccc4)C3)cc2)C[C@H]1C(=O)NCCCCCCCCCCCCCCCC. The molecule has 0 aromatic heterocycles. The van der Waals surface area contributed by atoms with Gasteiger partial charge in [-0.25, -0.2) is 0 Å². The van der Waals surface area contributed by atoms with Crippen LogP contribution in [0.4, 0.5) is 0 Å². The van der Waals surface area contributed by atoms with Gasteiger partial charge in [-0.15, -0.1) is 0 Å². The van der Waals surface area contributed by atoms with Crippen LogP contribution in [0.2, 0.25) is 0 Å². The Kier molecular flexibility index (Phi) is 27.8. The summed E-state index contributed by atoms with van der Waals surface area (Å²) in [7, 11) is 0. The summed E-state index contributed by atoms with van der Waals surface area (Å²) in [5.41, 5.74) is 3.04. The van der Waals surface area contributed by atoms with Gasteiger partial charge < -0.3 is 31.1 Å². The first-order chi connectivity index (χ1) is 40.2. The highest BCUT2D eigenvalue weighted by atomic mass is 16.2. The molecule has 2 saturated carbocycles. The lowest BCUT2D eigenvalue weighted by Crippen LogP contribution is -2.43. The summed E-state index contributed by atoms with van der Waals surface area (Å²) in [6.07, 6.45) is 36.9. The molecule has 4 aliphatic rings. The molecule has 3 aromatic rings. The van der Waals surface area contributed by atoms with E-state index in [1.165, 1.54) is 152 Å². The Morgan fingerprint density at radius 2 is 0.622 bits per heavy atom. The van der Waals surface area contributed by atoms with Crippen molar-refractivity contribution in [3.05, 3.63) is 107 Å². The van der Waals surface area contributed by atoms with Crippen LogP contribution in [-0.4, -0.2) is 96.6 Å². The third-order valence-electron chi connectivity index (χ3n) is 18.3. The molecule has 12 nitrogen and oxygen atoms in total. The lowest BCUT2D eigenvalue weighted by molar-refractivity contribution is -0.133. The van der Waals surface area contributed by atoms with Crippen LogP contribution < -0.4 is 21.3 Å². The van der Waals surface area contributed by atoms with Gasteiger partial charge in [0.1, 0.15) is 0 Å². The monoisotopic (exact) mass is 1120 g/mol. The van der Waals surface area contributed by atoms with E-state index in [2.05, 4.69) is 59.4 Å². The Morgan fingerprint density at radius 3 is 0.915 bits per heavy atom. The Morgan fingerprint density at radius 1 is 0.354 bits per heavy atom. The second-order valence-electron chi connectivity index (χ2n) is 24.9. The molecule has 8 atom stereocenters. The average Bonchev–Trinajstić information content (AvgIpc) is 4.24. The second-order valence-corrected chi connectivity index (χ2v) is 24.9. The number of hydrogen-bond donors (Lipinski definition) is 4. The van der Waals surface area contributed by atoms with E-state index in [1.54, 1.807) is 34.1 Å². The lowest BCUT2D eigenvalue weighted by atomic mass is 9.94. The van der Waals surface area contributed by atoms with Gasteiger partial charge in [0.15, 0.2) is 0 Å². The smallest absolute Gasteiger partial charge is 0.253 e.